The van der Waals surface area contributed by atoms with Gasteiger partial charge in [-0.15, -0.1) is 0 Å². The smallest absolute Gasteiger partial charge is 0.278 e. The lowest BCUT2D eigenvalue weighted by Gasteiger charge is -2.08. The van der Waals surface area contributed by atoms with Gasteiger partial charge in [-0.1, -0.05) is 30.3 Å². The number of benzene rings is 1. The molecule has 0 saturated heterocycles. The van der Waals surface area contributed by atoms with Crippen molar-refractivity contribution in [1.29, 1.82) is 0 Å². The maximum Gasteiger partial charge on any atom is 0.278 e. The Bertz CT molecular complexity index is 341. The van der Waals surface area contributed by atoms with Crippen molar-refractivity contribution < 1.29 is 9.47 Å². The Balaban J connectivity index is 2.27. The summed E-state index contributed by atoms with van der Waals surface area (Å²) in [4.78, 5) is 0. The quantitative estimate of drug-likeness (QED) is 0.713. The van der Waals surface area contributed by atoms with E-state index in [0.29, 0.717) is 18.5 Å². The first-order valence-electron chi connectivity index (χ1n) is 4.75. The van der Waals surface area contributed by atoms with Crippen LogP contribution in [-0.2, 0) is 9.47 Å². The highest BCUT2D eigenvalue weighted by molar-refractivity contribution is 5.30. The van der Waals surface area contributed by atoms with Gasteiger partial charge in [-0.3, -0.25) is 0 Å². The molecule has 0 aliphatic carbocycles. The molecule has 0 bridgehead atoms. The summed E-state index contributed by atoms with van der Waals surface area (Å²) in [5.74, 6) is 1.03. The molecule has 14 heavy (non-hydrogen) atoms. The SMILES string of the molecule is COC1=C(C)C(c2ccccc2)CO1. The summed E-state index contributed by atoms with van der Waals surface area (Å²) in [5.41, 5.74) is 2.47. The molecule has 2 rings (SSSR count). The molecule has 1 unspecified atom stereocenters. The minimum absolute atomic E-state index is 0.353. The second-order valence-electron chi connectivity index (χ2n) is 3.45. The molecule has 1 aliphatic heterocycles. The maximum atomic E-state index is 5.44. The van der Waals surface area contributed by atoms with Gasteiger partial charge in [-0.2, -0.15) is 0 Å². The van der Waals surface area contributed by atoms with Crippen LogP contribution in [0.15, 0.2) is 41.9 Å². The molecule has 0 saturated carbocycles. The third-order valence-corrected chi connectivity index (χ3v) is 2.61. The minimum Gasteiger partial charge on any atom is -0.469 e. The van der Waals surface area contributed by atoms with E-state index in [2.05, 4.69) is 19.1 Å². The first-order valence-corrected chi connectivity index (χ1v) is 4.75. The number of hydrogen-bond donors (Lipinski definition) is 0. The molecule has 0 spiro atoms. The molecule has 1 aliphatic rings. The van der Waals surface area contributed by atoms with Crippen LogP contribution in [0.25, 0.3) is 0 Å². The van der Waals surface area contributed by atoms with Crippen LogP contribution in [-0.4, -0.2) is 13.7 Å². The third kappa shape index (κ3) is 1.48. The molecule has 2 nitrogen and oxygen atoms in total. The monoisotopic (exact) mass is 190 g/mol. The topological polar surface area (TPSA) is 18.5 Å². The van der Waals surface area contributed by atoms with E-state index in [-0.39, 0.29) is 0 Å². The van der Waals surface area contributed by atoms with E-state index in [4.69, 9.17) is 9.47 Å². The van der Waals surface area contributed by atoms with Gasteiger partial charge in [0.05, 0.1) is 7.11 Å². The van der Waals surface area contributed by atoms with Crippen LogP contribution >= 0.6 is 0 Å². The van der Waals surface area contributed by atoms with E-state index < -0.39 is 0 Å². The summed E-state index contributed by atoms with van der Waals surface area (Å²) >= 11 is 0. The molecule has 0 N–H and O–H groups in total. The molecule has 74 valence electrons. The standard InChI is InChI=1S/C12H14O2/c1-9-11(8-14-12(9)13-2)10-6-4-3-5-7-10/h3-7,11H,8H2,1-2H3. The van der Waals surface area contributed by atoms with Crippen LogP contribution < -0.4 is 0 Å². The molecule has 0 fully saturated rings. The van der Waals surface area contributed by atoms with Crippen molar-refractivity contribution in [3.05, 3.63) is 47.4 Å². The van der Waals surface area contributed by atoms with Gasteiger partial charge in [0.2, 0.25) is 0 Å². The van der Waals surface area contributed by atoms with Crippen molar-refractivity contribution in [1.82, 2.24) is 0 Å². The van der Waals surface area contributed by atoms with Gasteiger partial charge >= 0.3 is 0 Å². The largest absolute Gasteiger partial charge is 0.469 e. The lowest BCUT2D eigenvalue weighted by Crippen LogP contribution is -2.00. The summed E-state index contributed by atoms with van der Waals surface area (Å²) in [7, 11) is 1.65. The fraction of sp³-hybridized carbons (Fsp3) is 0.333. The molecule has 1 aromatic carbocycles. The zero-order valence-electron chi connectivity index (χ0n) is 8.49. The molecule has 1 aromatic rings. The van der Waals surface area contributed by atoms with Crippen molar-refractivity contribution in [3.8, 4) is 0 Å². The van der Waals surface area contributed by atoms with E-state index in [9.17, 15) is 0 Å². The lowest BCUT2D eigenvalue weighted by atomic mass is 9.95. The number of rotatable bonds is 2. The van der Waals surface area contributed by atoms with E-state index in [0.717, 1.165) is 0 Å². The number of methoxy groups -OCH3 is 1. The van der Waals surface area contributed by atoms with Gasteiger partial charge in [-0.05, 0) is 12.5 Å². The van der Waals surface area contributed by atoms with E-state index in [1.54, 1.807) is 7.11 Å². The first kappa shape index (κ1) is 9.13. The fourth-order valence-corrected chi connectivity index (χ4v) is 1.79. The van der Waals surface area contributed by atoms with Crippen LogP contribution in [0.3, 0.4) is 0 Å². The van der Waals surface area contributed by atoms with Crippen LogP contribution in [0.5, 0.6) is 0 Å². The molecule has 1 heterocycles. The number of hydrogen-bond acceptors (Lipinski definition) is 2. The van der Waals surface area contributed by atoms with Gasteiger partial charge in [0.15, 0.2) is 0 Å². The molecule has 2 heteroatoms. The summed E-state index contributed by atoms with van der Waals surface area (Å²) < 4.78 is 10.6. The minimum atomic E-state index is 0.353. The van der Waals surface area contributed by atoms with Crippen molar-refractivity contribution in [3.63, 3.8) is 0 Å². The highest BCUT2D eigenvalue weighted by Crippen LogP contribution is 2.33. The lowest BCUT2D eigenvalue weighted by molar-refractivity contribution is 0.0799. The third-order valence-electron chi connectivity index (χ3n) is 2.61. The van der Waals surface area contributed by atoms with Gasteiger partial charge in [0, 0.05) is 11.5 Å². The molecular formula is C12H14O2. The summed E-state index contributed by atoms with van der Waals surface area (Å²) in [5, 5.41) is 0. The van der Waals surface area contributed by atoms with Crippen molar-refractivity contribution >= 4 is 0 Å². The molecule has 0 amide bonds. The van der Waals surface area contributed by atoms with Crippen LogP contribution in [0.4, 0.5) is 0 Å². The zero-order valence-corrected chi connectivity index (χ0v) is 8.49. The Kier molecular flexibility index (Phi) is 2.44. The summed E-state index contributed by atoms with van der Waals surface area (Å²) in [6.07, 6.45) is 0. The second kappa shape index (κ2) is 3.74. The predicted molar refractivity (Wildman–Crippen MR) is 54.8 cm³/mol. The first-order chi connectivity index (χ1) is 6.83. The predicted octanol–water partition coefficient (Wildman–Crippen LogP) is 2.68. The Hall–Kier alpha value is -1.44. The molecular weight excluding hydrogens is 176 g/mol. The van der Waals surface area contributed by atoms with Crippen molar-refractivity contribution in [2.45, 2.75) is 12.8 Å². The summed E-state index contributed by atoms with van der Waals surface area (Å²) in [6.45, 7) is 2.75. The highest BCUT2D eigenvalue weighted by atomic mass is 16.7. The van der Waals surface area contributed by atoms with E-state index >= 15 is 0 Å². The average molecular weight is 190 g/mol. The Morgan fingerprint density at radius 1 is 1.29 bits per heavy atom. The van der Waals surface area contributed by atoms with Crippen LogP contribution in [0, 0.1) is 0 Å². The van der Waals surface area contributed by atoms with Crippen LogP contribution in [0.1, 0.15) is 18.4 Å². The Morgan fingerprint density at radius 3 is 2.57 bits per heavy atom. The zero-order chi connectivity index (χ0) is 9.97. The maximum absolute atomic E-state index is 5.44. The van der Waals surface area contributed by atoms with E-state index in [1.807, 2.05) is 18.2 Å². The average Bonchev–Trinajstić information content (AvgIpc) is 2.61. The second-order valence-corrected chi connectivity index (χ2v) is 3.45. The van der Waals surface area contributed by atoms with Gasteiger partial charge in [-0.25, -0.2) is 0 Å². The fourth-order valence-electron chi connectivity index (χ4n) is 1.79. The van der Waals surface area contributed by atoms with Gasteiger partial charge in [0.25, 0.3) is 5.95 Å². The van der Waals surface area contributed by atoms with Crippen molar-refractivity contribution in [2.24, 2.45) is 0 Å². The molecule has 0 aromatic heterocycles. The molecule has 0 radical (unpaired) electrons. The van der Waals surface area contributed by atoms with Crippen LogP contribution in [0.2, 0.25) is 0 Å². The summed E-state index contributed by atoms with van der Waals surface area (Å²) in [6, 6.07) is 10.4. The molecule has 1 atom stereocenters. The van der Waals surface area contributed by atoms with Gasteiger partial charge in [0.1, 0.15) is 6.61 Å². The number of ether oxygens (including phenoxy) is 2. The Labute approximate surface area is 84.2 Å². The van der Waals surface area contributed by atoms with E-state index in [1.165, 1.54) is 11.1 Å². The highest BCUT2D eigenvalue weighted by Gasteiger charge is 2.25. The van der Waals surface area contributed by atoms with Crippen molar-refractivity contribution in [2.75, 3.05) is 13.7 Å². The van der Waals surface area contributed by atoms with Gasteiger partial charge < -0.3 is 9.47 Å². The normalized spacial score (nSPS) is 20.9. The Morgan fingerprint density at radius 2 is 2.00 bits per heavy atom.